The molecule has 27 heavy (non-hydrogen) atoms. The Morgan fingerprint density at radius 2 is 2.15 bits per heavy atom. The normalized spacial score (nSPS) is 19.7. The number of nitrogens with zero attached hydrogens (tertiary/aromatic N) is 3. The molecule has 2 aliphatic rings. The second-order valence-corrected chi connectivity index (χ2v) is 8.00. The van der Waals surface area contributed by atoms with Gasteiger partial charge in [-0.2, -0.15) is 0 Å². The van der Waals surface area contributed by atoms with E-state index in [2.05, 4.69) is 4.98 Å². The molecule has 0 radical (unpaired) electrons. The third-order valence-electron chi connectivity index (χ3n) is 5.35. The van der Waals surface area contributed by atoms with Crippen LogP contribution in [0.2, 0.25) is 0 Å². The predicted molar refractivity (Wildman–Crippen MR) is 102 cm³/mol. The van der Waals surface area contributed by atoms with E-state index in [0.717, 1.165) is 19.3 Å². The van der Waals surface area contributed by atoms with Gasteiger partial charge in [0.05, 0.1) is 23.2 Å². The number of carbonyl (C=O) groups excluding carboxylic acids is 2. The summed E-state index contributed by atoms with van der Waals surface area (Å²) in [5.41, 5.74) is 1.17. The molecular weight excluding hydrogens is 364 g/mol. The Hall–Kier alpha value is -2.48. The van der Waals surface area contributed by atoms with E-state index in [0.29, 0.717) is 48.0 Å². The largest absolute Gasteiger partial charge is 0.337 e. The van der Waals surface area contributed by atoms with Gasteiger partial charge in [0.2, 0.25) is 5.91 Å². The molecule has 0 saturated carbocycles. The highest BCUT2D eigenvalue weighted by molar-refractivity contribution is 7.12. The van der Waals surface area contributed by atoms with Crippen molar-refractivity contribution in [2.45, 2.75) is 45.2 Å². The smallest absolute Gasteiger partial charge is 0.264 e. The number of likely N-dealkylation sites (tertiary alicyclic amines) is 1. The predicted octanol–water partition coefficient (Wildman–Crippen LogP) is 2.10. The molecule has 2 amide bonds. The maximum atomic E-state index is 12.9. The van der Waals surface area contributed by atoms with E-state index >= 15 is 0 Å². The van der Waals surface area contributed by atoms with Crippen LogP contribution in [0.4, 0.5) is 0 Å². The Labute approximate surface area is 161 Å². The van der Waals surface area contributed by atoms with Gasteiger partial charge in [0.15, 0.2) is 0 Å². The Bertz CT molecular complexity index is 922. The molecule has 1 N–H and O–H groups in total. The molecule has 0 bridgehead atoms. The van der Waals surface area contributed by atoms with E-state index in [4.69, 9.17) is 4.98 Å². The van der Waals surface area contributed by atoms with Crippen molar-refractivity contribution in [3.05, 3.63) is 49.8 Å². The molecule has 2 aromatic heterocycles. The summed E-state index contributed by atoms with van der Waals surface area (Å²) in [5.74, 6) is 0.505. The fourth-order valence-electron chi connectivity index (χ4n) is 3.89. The zero-order valence-electron chi connectivity index (χ0n) is 15.2. The highest BCUT2D eigenvalue weighted by Crippen LogP contribution is 2.31. The fourth-order valence-corrected chi connectivity index (χ4v) is 4.57. The number of H-pyrrole nitrogens is 1. The van der Waals surface area contributed by atoms with Crippen molar-refractivity contribution < 1.29 is 9.59 Å². The summed E-state index contributed by atoms with van der Waals surface area (Å²) in [4.78, 5) is 49.1. The number of thiophene rings is 1. The average molecular weight is 386 g/mol. The second kappa shape index (κ2) is 7.26. The van der Waals surface area contributed by atoms with E-state index in [1.54, 1.807) is 4.90 Å². The molecule has 2 aromatic rings. The molecule has 7 nitrogen and oxygen atoms in total. The van der Waals surface area contributed by atoms with Gasteiger partial charge in [-0.1, -0.05) is 6.07 Å². The molecule has 4 heterocycles. The molecule has 8 heteroatoms. The van der Waals surface area contributed by atoms with E-state index in [-0.39, 0.29) is 23.4 Å². The van der Waals surface area contributed by atoms with Crippen molar-refractivity contribution >= 4 is 23.2 Å². The summed E-state index contributed by atoms with van der Waals surface area (Å²) in [6.45, 7) is 3.08. The molecular formula is C19H22N4O3S. The van der Waals surface area contributed by atoms with Crippen molar-refractivity contribution in [1.29, 1.82) is 0 Å². The lowest BCUT2D eigenvalue weighted by atomic mass is 10.00. The highest BCUT2D eigenvalue weighted by atomic mass is 32.1. The van der Waals surface area contributed by atoms with Gasteiger partial charge in [-0.05, 0) is 37.1 Å². The summed E-state index contributed by atoms with van der Waals surface area (Å²) in [5, 5.41) is 1.89. The molecule has 0 aromatic carbocycles. The first-order valence-electron chi connectivity index (χ1n) is 9.26. The van der Waals surface area contributed by atoms with E-state index in [1.807, 2.05) is 22.4 Å². The van der Waals surface area contributed by atoms with Crippen LogP contribution in [0.3, 0.4) is 0 Å². The van der Waals surface area contributed by atoms with Crippen LogP contribution in [0.5, 0.6) is 0 Å². The number of amides is 2. The van der Waals surface area contributed by atoms with E-state index in [1.165, 1.54) is 18.3 Å². The summed E-state index contributed by atoms with van der Waals surface area (Å²) in [6.07, 6.45) is 3.22. The topological polar surface area (TPSA) is 86.4 Å². The Morgan fingerprint density at radius 1 is 1.30 bits per heavy atom. The van der Waals surface area contributed by atoms with Crippen molar-refractivity contribution in [1.82, 2.24) is 19.8 Å². The first-order chi connectivity index (χ1) is 13.0. The van der Waals surface area contributed by atoms with Gasteiger partial charge in [-0.25, -0.2) is 4.98 Å². The summed E-state index contributed by atoms with van der Waals surface area (Å²) < 4.78 is 0. The van der Waals surface area contributed by atoms with E-state index in [9.17, 15) is 14.4 Å². The molecule has 0 unspecified atom stereocenters. The average Bonchev–Trinajstić information content (AvgIpc) is 3.21. The summed E-state index contributed by atoms with van der Waals surface area (Å²) in [6, 6.07) is 3.46. The molecule has 1 atom stereocenters. The Balaban J connectivity index is 1.68. The third-order valence-corrected chi connectivity index (χ3v) is 6.21. The van der Waals surface area contributed by atoms with Gasteiger partial charge in [0, 0.05) is 25.6 Å². The molecule has 1 saturated heterocycles. The number of hydrogen-bond donors (Lipinski definition) is 1. The first-order valence-corrected chi connectivity index (χ1v) is 10.1. The number of piperidine rings is 1. The van der Waals surface area contributed by atoms with Crippen LogP contribution in [-0.4, -0.2) is 44.7 Å². The minimum absolute atomic E-state index is 0.0135. The monoisotopic (exact) mass is 386 g/mol. The fraction of sp³-hybridized carbons (Fsp3) is 0.474. The highest BCUT2D eigenvalue weighted by Gasteiger charge is 2.32. The lowest BCUT2D eigenvalue weighted by molar-refractivity contribution is -0.129. The lowest BCUT2D eigenvalue weighted by Gasteiger charge is -2.35. The minimum Gasteiger partial charge on any atom is -0.337 e. The molecule has 142 valence electrons. The van der Waals surface area contributed by atoms with Crippen molar-refractivity contribution in [2.75, 3.05) is 13.1 Å². The maximum absolute atomic E-state index is 12.9. The zero-order chi connectivity index (χ0) is 19.0. The molecule has 2 aliphatic heterocycles. The minimum atomic E-state index is -0.237. The number of aromatic nitrogens is 2. The Kier molecular flexibility index (Phi) is 4.82. The summed E-state index contributed by atoms with van der Waals surface area (Å²) in [7, 11) is 0. The van der Waals surface area contributed by atoms with Crippen LogP contribution in [-0.2, 0) is 17.8 Å². The number of aromatic amines is 1. The van der Waals surface area contributed by atoms with Crippen molar-refractivity contribution in [3.63, 3.8) is 0 Å². The van der Waals surface area contributed by atoms with Crippen LogP contribution in [0.25, 0.3) is 0 Å². The van der Waals surface area contributed by atoms with Crippen LogP contribution in [0.15, 0.2) is 22.3 Å². The van der Waals surface area contributed by atoms with Gasteiger partial charge >= 0.3 is 0 Å². The first kappa shape index (κ1) is 17.9. The number of hydrogen-bond acceptors (Lipinski definition) is 5. The van der Waals surface area contributed by atoms with E-state index < -0.39 is 0 Å². The number of carbonyl (C=O) groups is 2. The third kappa shape index (κ3) is 3.41. The second-order valence-electron chi connectivity index (χ2n) is 7.05. The maximum Gasteiger partial charge on any atom is 0.264 e. The SMILES string of the molecule is CC(=O)N1CCc2c(nc([C@H]3CCCCN3C(=O)c3cccs3)[nH]c2=O)C1. The van der Waals surface area contributed by atoms with Crippen molar-refractivity contribution in [2.24, 2.45) is 0 Å². The van der Waals surface area contributed by atoms with Gasteiger partial charge in [0.25, 0.3) is 11.5 Å². The standard InChI is InChI=1S/C19H22N4O3S/c1-12(24)22-9-7-13-14(11-22)20-17(21-18(13)25)15-5-2-3-8-23(15)19(26)16-6-4-10-27-16/h4,6,10,15H,2-3,5,7-9,11H2,1H3,(H,20,21,25)/t15-/m1/s1. The summed E-state index contributed by atoms with van der Waals surface area (Å²) >= 11 is 1.42. The quantitative estimate of drug-likeness (QED) is 0.856. The molecule has 1 fully saturated rings. The molecule has 0 aliphatic carbocycles. The zero-order valence-corrected chi connectivity index (χ0v) is 16.1. The van der Waals surface area contributed by atoms with Gasteiger partial charge in [-0.3, -0.25) is 14.4 Å². The van der Waals surface area contributed by atoms with Crippen LogP contribution < -0.4 is 5.56 Å². The number of fused-ring (bicyclic) bond motifs is 1. The van der Waals surface area contributed by atoms with Crippen molar-refractivity contribution in [3.8, 4) is 0 Å². The van der Waals surface area contributed by atoms with Crippen LogP contribution in [0.1, 0.15) is 59.0 Å². The van der Waals surface area contributed by atoms with Crippen LogP contribution in [0, 0.1) is 0 Å². The molecule has 0 spiro atoms. The number of rotatable bonds is 2. The lowest BCUT2D eigenvalue weighted by Crippen LogP contribution is -2.42. The van der Waals surface area contributed by atoms with Gasteiger partial charge < -0.3 is 14.8 Å². The van der Waals surface area contributed by atoms with Crippen LogP contribution >= 0.6 is 11.3 Å². The Morgan fingerprint density at radius 3 is 2.89 bits per heavy atom. The number of nitrogens with one attached hydrogen (secondary N) is 1. The van der Waals surface area contributed by atoms with Gasteiger partial charge in [-0.15, -0.1) is 11.3 Å². The molecule has 4 rings (SSSR count). The van der Waals surface area contributed by atoms with Gasteiger partial charge in [0.1, 0.15) is 5.82 Å².